The van der Waals surface area contributed by atoms with Gasteiger partial charge in [-0.25, -0.2) is 0 Å². The minimum absolute atomic E-state index is 0.324. The van der Waals surface area contributed by atoms with Gasteiger partial charge in [-0.3, -0.25) is 4.79 Å². The molecule has 1 aromatic rings. The Morgan fingerprint density at radius 3 is 2.71 bits per heavy atom. The second-order valence-corrected chi connectivity index (χ2v) is 5.79. The van der Waals surface area contributed by atoms with Crippen molar-refractivity contribution in [1.29, 1.82) is 0 Å². The number of benzene rings is 1. The highest BCUT2D eigenvalue weighted by Gasteiger charge is 2.49. The Morgan fingerprint density at radius 2 is 1.88 bits per heavy atom. The number of nitrogens with zero attached hydrogens (tertiary/aromatic N) is 1. The molecule has 0 saturated heterocycles. The zero-order valence-electron chi connectivity index (χ0n) is 9.93. The first-order valence-corrected chi connectivity index (χ1v) is 6.72. The van der Waals surface area contributed by atoms with Gasteiger partial charge in [-0.15, -0.1) is 0 Å². The van der Waals surface area contributed by atoms with Crippen LogP contribution < -0.4 is 4.90 Å². The molecule has 1 amide bonds. The van der Waals surface area contributed by atoms with Crippen LogP contribution in [0.15, 0.2) is 24.3 Å². The molecule has 0 aromatic heterocycles. The van der Waals surface area contributed by atoms with E-state index in [1.54, 1.807) is 0 Å². The predicted molar refractivity (Wildman–Crippen MR) is 66.8 cm³/mol. The van der Waals surface area contributed by atoms with Crippen LogP contribution in [0.1, 0.15) is 24.8 Å². The van der Waals surface area contributed by atoms with Gasteiger partial charge in [-0.1, -0.05) is 18.2 Å². The molecule has 2 atom stereocenters. The number of carbonyl (C=O) groups is 1. The fraction of sp³-hybridized carbons (Fsp3) is 0.533. The van der Waals surface area contributed by atoms with Crippen molar-refractivity contribution >= 4 is 11.6 Å². The SMILES string of the molecule is O=C(C1CC2CC2C1)N1CCc2ccccc21. The van der Waals surface area contributed by atoms with E-state index in [1.807, 2.05) is 11.0 Å². The summed E-state index contributed by atoms with van der Waals surface area (Å²) in [6, 6.07) is 8.35. The highest BCUT2D eigenvalue weighted by Crippen LogP contribution is 2.55. The third-order valence-corrected chi connectivity index (χ3v) is 4.75. The molecule has 2 aliphatic carbocycles. The number of rotatable bonds is 1. The minimum atomic E-state index is 0.324. The molecule has 1 aliphatic heterocycles. The minimum Gasteiger partial charge on any atom is -0.312 e. The molecule has 3 aliphatic rings. The van der Waals surface area contributed by atoms with Crippen molar-refractivity contribution in [3.8, 4) is 0 Å². The maximum atomic E-state index is 12.5. The number of carbonyl (C=O) groups excluding carboxylic acids is 1. The lowest BCUT2D eigenvalue weighted by Crippen LogP contribution is -2.34. The summed E-state index contributed by atoms with van der Waals surface area (Å²) in [5.41, 5.74) is 2.50. The highest BCUT2D eigenvalue weighted by atomic mass is 16.2. The lowest BCUT2D eigenvalue weighted by atomic mass is 10.0. The average molecular weight is 227 g/mol. The van der Waals surface area contributed by atoms with E-state index >= 15 is 0 Å². The van der Waals surface area contributed by atoms with Gasteiger partial charge in [0.05, 0.1) is 0 Å². The molecular formula is C15H17NO. The summed E-state index contributed by atoms with van der Waals surface area (Å²) in [6.07, 6.45) is 4.73. The number of amides is 1. The van der Waals surface area contributed by atoms with Gasteiger partial charge in [0, 0.05) is 18.2 Å². The van der Waals surface area contributed by atoms with E-state index in [0.717, 1.165) is 43.3 Å². The Morgan fingerprint density at radius 1 is 1.12 bits per heavy atom. The number of para-hydroxylation sites is 1. The van der Waals surface area contributed by atoms with E-state index in [9.17, 15) is 4.79 Å². The van der Waals surface area contributed by atoms with Gasteiger partial charge < -0.3 is 4.90 Å². The van der Waals surface area contributed by atoms with E-state index in [2.05, 4.69) is 18.2 Å². The molecule has 2 unspecified atom stereocenters. The van der Waals surface area contributed by atoms with Crippen molar-refractivity contribution in [2.75, 3.05) is 11.4 Å². The molecular weight excluding hydrogens is 210 g/mol. The van der Waals surface area contributed by atoms with E-state index in [-0.39, 0.29) is 0 Å². The van der Waals surface area contributed by atoms with Crippen LogP contribution in [0.5, 0.6) is 0 Å². The number of anilines is 1. The van der Waals surface area contributed by atoms with Crippen molar-refractivity contribution in [2.24, 2.45) is 17.8 Å². The third kappa shape index (κ3) is 1.43. The molecule has 0 N–H and O–H groups in total. The fourth-order valence-corrected chi connectivity index (χ4v) is 3.70. The third-order valence-electron chi connectivity index (χ3n) is 4.75. The molecule has 2 fully saturated rings. The van der Waals surface area contributed by atoms with Crippen LogP contribution >= 0.6 is 0 Å². The van der Waals surface area contributed by atoms with Crippen molar-refractivity contribution in [3.63, 3.8) is 0 Å². The zero-order chi connectivity index (χ0) is 11.4. The smallest absolute Gasteiger partial charge is 0.230 e. The monoisotopic (exact) mass is 227 g/mol. The van der Waals surface area contributed by atoms with Gasteiger partial charge in [0.1, 0.15) is 0 Å². The van der Waals surface area contributed by atoms with Gasteiger partial charge in [-0.2, -0.15) is 0 Å². The van der Waals surface area contributed by atoms with Crippen molar-refractivity contribution < 1.29 is 4.79 Å². The molecule has 4 rings (SSSR count). The van der Waals surface area contributed by atoms with E-state index in [4.69, 9.17) is 0 Å². The molecule has 2 heteroatoms. The van der Waals surface area contributed by atoms with Gasteiger partial charge in [0.25, 0.3) is 0 Å². The number of hydrogen-bond donors (Lipinski definition) is 0. The molecule has 88 valence electrons. The van der Waals surface area contributed by atoms with E-state index in [0.29, 0.717) is 11.8 Å². The van der Waals surface area contributed by atoms with Crippen LogP contribution in [0.4, 0.5) is 5.69 Å². The normalized spacial score (nSPS) is 33.4. The van der Waals surface area contributed by atoms with Crippen LogP contribution in [0.2, 0.25) is 0 Å². The second kappa shape index (κ2) is 3.34. The number of fused-ring (bicyclic) bond motifs is 2. The van der Waals surface area contributed by atoms with Crippen LogP contribution in [0.3, 0.4) is 0 Å². The molecule has 1 aromatic carbocycles. The first-order valence-electron chi connectivity index (χ1n) is 6.72. The Kier molecular flexibility index (Phi) is 1.91. The van der Waals surface area contributed by atoms with Crippen molar-refractivity contribution in [3.05, 3.63) is 29.8 Å². The van der Waals surface area contributed by atoms with Crippen LogP contribution in [-0.4, -0.2) is 12.5 Å². The molecule has 0 spiro atoms. The molecule has 2 nitrogen and oxygen atoms in total. The zero-order valence-corrected chi connectivity index (χ0v) is 9.93. The Labute approximate surface area is 102 Å². The van der Waals surface area contributed by atoms with Gasteiger partial charge >= 0.3 is 0 Å². The Balaban J connectivity index is 1.58. The average Bonchev–Trinajstić information content (AvgIpc) is 2.80. The topological polar surface area (TPSA) is 20.3 Å². The summed E-state index contributed by atoms with van der Waals surface area (Å²) in [5, 5.41) is 0. The van der Waals surface area contributed by atoms with Crippen LogP contribution in [0.25, 0.3) is 0 Å². The molecule has 1 heterocycles. The molecule has 2 saturated carbocycles. The maximum Gasteiger partial charge on any atom is 0.230 e. The molecule has 17 heavy (non-hydrogen) atoms. The van der Waals surface area contributed by atoms with Crippen LogP contribution in [0, 0.1) is 17.8 Å². The van der Waals surface area contributed by atoms with Gasteiger partial charge in [-0.05, 0) is 49.1 Å². The largest absolute Gasteiger partial charge is 0.312 e. The van der Waals surface area contributed by atoms with Gasteiger partial charge in [0.2, 0.25) is 5.91 Å². The summed E-state index contributed by atoms with van der Waals surface area (Å²) in [5.74, 6) is 2.50. The lowest BCUT2D eigenvalue weighted by molar-refractivity contribution is -0.122. The maximum absolute atomic E-state index is 12.5. The predicted octanol–water partition coefficient (Wildman–Crippen LogP) is 2.62. The quantitative estimate of drug-likeness (QED) is 0.722. The summed E-state index contributed by atoms with van der Waals surface area (Å²) in [7, 11) is 0. The summed E-state index contributed by atoms with van der Waals surface area (Å²) >= 11 is 0. The molecule has 0 radical (unpaired) electrons. The molecule has 0 bridgehead atoms. The first kappa shape index (κ1) is 9.69. The van der Waals surface area contributed by atoms with Crippen LogP contribution in [-0.2, 0) is 11.2 Å². The summed E-state index contributed by atoms with van der Waals surface area (Å²) in [4.78, 5) is 14.5. The van der Waals surface area contributed by atoms with Crippen molar-refractivity contribution in [2.45, 2.75) is 25.7 Å². The van der Waals surface area contributed by atoms with E-state index in [1.165, 1.54) is 12.0 Å². The Bertz CT molecular complexity index is 472. The fourth-order valence-electron chi connectivity index (χ4n) is 3.70. The highest BCUT2D eigenvalue weighted by molar-refractivity contribution is 5.97. The summed E-state index contributed by atoms with van der Waals surface area (Å²) in [6.45, 7) is 0.893. The van der Waals surface area contributed by atoms with Crippen molar-refractivity contribution in [1.82, 2.24) is 0 Å². The first-order chi connectivity index (χ1) is 8.33. The number of hydrogen-bond acceptors (Lipinski definition) is 1. The lowest BCUT2D eigenvalue weighted by Gasteiger charge is -2.22. The Hall–Kier alpha value is -1.31. The summed E-state index contributed by atoms with van der Waals surface area (Å²) < 4.78 is 0. The standard InChI is InChI=1S/C15H17NO/c17-15(13-8-11-7-12(11)9-13)16-6-5-10-3-1-2-4-14(10)16/h1-4,11-13H,5-9H2. The van der Waals surface area contributed by atoms with Gasteiger partial charge in [0.15, 0.2) is 0 Å². The second-order valence-electron chi connectivity index (χ2n) is 5.79. The van der Waals surface area contributed by atoms with E-state index < -0.39 is 0 Å².